The number of para-hydroxylation sites is 1. The van der Waals surface area contributed by atoms with Crippen molar-refractivity contribution in [3.8, 4) is 5.75 Å². The van der Waals surface area contributed by atoms with E-state index in [2.05, 4.69) is 5.10 Å². The Morgan fingerprint density at radius 2 is 1.83 bits per heavy atom. The maximum absolute atomic E-state index is 13.8. The van der Waals surface area contributed by atoms with E-state index >= 15 is 0 Å². The molecule has 150 valence electrons. The van der Waals surface area contributed by atoms with Gasteiger partial charge in [-0.15, -0.1) is 0 Å². The van der Waals surface area contributed by atoms with Crippen LogP contribution in [0.25, 0.3) is 0 Å². The van der Waals surface area contributed by atoms with E-state index in [1.165, 1.54) is 12.1 Å². The molecule has 0 amide bonds. The number of hydrazone groups is 1. The quantitative estimate of drug-likeness (QED) is 0.489. The van der Waals surface area contributed by atoms with Crippen LogP contribution in [0.4, 0.5) is 5.88 Å². The summed E-state index contributed by atoms with van der Waals surface area (Å²) in [6, 6.07) is 19.4. The van der Waals surface area contributed by atoms with Crippen LogP contribution in [0.5, 0.6) is 5.75 Å². The monoisotopic (exact) mass is 403 g/mol. The number of hydrogen-bond acceptors (Lipinski definition) is 7. The molecule has 0 aliphatic carbocycles. The lowest BCUT2D eigenvalue weighted by molar-refractivity contribution is -0.402. The molecule has 1 spiro atoms. The van der Waals surface area contributed by atoms with Gasteiger partial charge in [0.05, 0.1) is 17.5 Å². The average Bonchev–Trinajstić information content (AvgIpc) is 3.36. The van der Waals surface area contributed by atoms with E-state index < -0.39 is 16.4 Å². The zero-order valence-corrected chi connectivity index (χ0v) is 16.0. The number of furan rings is 1. The first-order chi connectivity index (χ1) is 14.5. The van der Waals surface area contributed by atoms with Crippen LogP contribution in [0.15, 0.2) is 76.2 Å². The first kappa shape index (κ1) is 18.1. The van der Waals surface area contributed by atoms with Gasteiger partial charge in [0.1, 0.15) is 23.0 Å². The minimum atomic E-state index is -1.13. The van der Waals surface area contributed by atoms with E-state index in [0.717, 1.165) is 5.56 Å². The standard InChI is InChI=1S/C22H17N3O5/c1-24-22(13-29-16-10-6-5-9-15(16)21(22)26)19(14-7-3-2-4-8-14)20(23-24)17-11-12-18(30-17)25(27)28/h2-12,19H,13H2,1H3/t19-,22?/m1/s1. The van der Waals surface area contributed by atoms with Crippen molar-refractivity contribution in [3.63, 3.8) is 0 Å². The summed E-state index contributed by atoms with van der Waals surface area (Å²) in [6.45, 7) is 0.0920. The molecule has 1 aromatic heterocycles. The molecule has 30 heavy (non-hydrogen) atoms. The Balaban J connectivity index is 1.68. The number of carbonyl (C=O) groups is 1. The lowest BCUT2D eigenvalue weighted by Crippen LogP contribution is -2.59. The Bertz CT molecular complexity index is 1190. The Hall–Kier alpha value is -3.94. The summed E-state index contributed by atoms with van der Waals surface area (Å²) in [7, 11) is 1.72. The number of nitrogens with zero attached hydrogens (tertiary/aromatic N) is 3. The fourth-order valence-electron chi connectivity index (χ4n) is 4.28. The minimum Gasteiger partial charge on any atom is -0.490 e. The van der Waals surface area contributed by atoms with Crippen molar-refractivity contribution < 1.29 is 18.9 Å². The molecule has 2 aliphatic heterocycles. The smallest absolute Gasteiger partial charge is 0.433 e. The van der Waals surface area contributed by atoms with Crippen molar-refractivity contribution in [3.05, 3.63) is 93.7 Å². The van der Waals surface area contributed by atoms with Crippen LogP contribution in [-0.4, -0.2) is 40.6 Å². The summed E-state index contributed by atoms with van der Waals surface area (Å²) in [6.07, 6.45) is 0. The third-order valence-corrected chi connectivity index (χ3v) is 5.72. The van der Waals surface area contributed by atoms with Gasteiger partial charge in [0.15, 0.2) is 17.1 Å². The van der Waals surface area contributed by atoms with Crippen molar-refractivity contribution >= 4 is 17.4 Å². The zero-order valence-electron chi connectivity index (χ0n) is 16.0. The van der Waals surface area contributed by atoms with Crippen molar-refractivity contribution in [2.45, 2.75) is 11.5 Å². The first-order valence-corrected chi connectivity index (χ1v) is 9.41. The Morgan fingerprint density at radius 1 is 1.10 bits per heavy atom. The normalized spacial score (nSPS) is 22.6. The van der Waals surface area contributed by atoms with Gasteiger partial charge < -0.3 is 9.15 Å². The minimum absolute atomic E-state index is 0.0920. The van der Waals surface area contributed by atoms with Gasteiger partial charge in [-0.1, -0.05) is 42.5 Å². The van der Waals surface area contributed by atoms with Gasteiger partial charge >= 0.3 is 5.88 Å². The Kier molecular flexibility index (Phi) is 3.95. The van der Waals surface area contributed by atoms with Crippen LogP contribution in [0.1, 0.15) is 27.6 Å². The summed E-state index contributed by atoms with van der Waals surface area (Å²) in [5, 5.41) is 17.3. The van der Waals surface area contributed by atoms with Crippen LogP contribution in [0.3, 0.4) is 0 Å². The summed E-state index contributed by atoms with van der Waals surface area (Å²) in [4.78, 5) is 24.3. The van der Waals surface area contributed by atoms with Crippen LogP contribution in [0.2, 0.25) is 0 Å². The SMILES string of the molecule is CN1N=C(c2ccc([N+](=O)[O-])o2)[C@@H](c2ccccc2)C12COc1ccccc1C2=O. The van der Waals surface area contributed by atoms with Crippen molar-refractivity contribution in [1.82, 2.24) is 5.01 Å². The Labute approximate surface area is 171 Å². The highest BCUT2D eigenvalue weighted by molar-refractivity contribution is 6.15. The molecule has 0 fully saturated rings. The van der Waals surface area contributed by atoms with Crippen LogP contribution < -0.4 is 4.74 Å². The van der Waals surface area contributed by atoms with Gasteiger partial charge in [0.2, 0.25) is 0 Å². The zero-order chi connectivity index (χ0) is 20.9. The van der Waals surface area contributed by atoms with Crippen molar-refractivity contribution in [1.29, 1.82) is 0 Å². The van der Waals surface area contributed by atoms with Crippen LogP contribution >= 0.6 is 0 Å². The molecule has 1 unspecified atom stereocenters. The second-order valence-corrected chi connectivity index (χ2v) is 7.29. The summed E-state index contributed by atoms with van der Waals surface area (Å²) < 4.78 is 11.5. The van der Waals surface area contributed by atoms with Crippen LogP contribution in [0, 0.1) is 10.1 Å². The van der Waals surface area contributed by atoms with Gasteiger partial charge in [0.25, 0.3) is 0 Å². The van der Waals surface area contributed by atoms with Crippen molar-refractivity contribution in [2.75, 3.05) is 13.7 Å². The molecule has 0 radical (unpaired) electrons. The predicted octanol–water partition coefficient (Wildman–Crippen LogP) is 3.64. The van der Waals surface area contributed by atoms with Crippen LogP contribution in [-0.2, 0) is 0 Å². The van der Waals surface area contributed by atoms with E-state index in [0.29, 0.717) is 17.0 Å². The van der Waals surface area contributed by atoms with E-state index in [1.807, 2.05) is 36.4 Å². The number of rotatable bonds is 3. The third kappa shape index (κ3) is 2.46. The first-order valence-electron chi connectivity index (χ1n) is 9.41. The number of fused-ring (bicyclic) bond motifs is 1. The Morgan fingerprint density at radius 3 is 2.57 bits per heavy atom. The van der Waals surface area contributed by atoms with E-state index in [1.54, 1.807) is 30.3 Å². The molecule has 2 aromatic carbocycles. The highest BCUT2D eigenvalue weighted by Gasteiger charge is 2.59. The second-order valence-electron chi connectivity index (χ2n) is 7.29. The van der Waals surface area contributed by atoms with E-state index in [-0.39, 0.29) is 24.0 Å². The molecule has 0 saturated carbocycles. The molecule has 8 nitrogen and oxygen atoms in total. The molecule has 3 heterocycles. The summed E-state index contributed by atoms with van der Waals surface area (Å²) in [5.41, 5.74) is 0.648. The lowest BCUT2D eigenvalue weighted by atomic mass is 9.71. The number of ether oxygens (including phenoxy) is 1. The van der Waals surface area contributed by atoms with E-state index in [4.69, 9.17) is 9.15 Å². The second kappa shape index (κ2) is 6.55. The molecule has 0 N–H and O–H groups in total. The summed E-state index contributed by atoms with van der Waals surface area (Å²) in [5.74, 6) is -0.225. The molecule has 8 heteroatoms. The predicted molar refractivity (Wildman–Crippen MR) is 108 cm³/mol. The number of ketones is 1. The van der Waals surface area contributed by atoms with Gasteiger partial charge in [-0.2, -0.15) is 5.10 Å². The number of carbonyl (C=O) groups excluding carboxylic acids is 1. The van der Waals surface area contributed by atoms with Gasteiger partial charge in [-0.3, -0.25) is 19.9 Å². The molecule has 2 aliphatic rings. The fraction of sp³-hybridized carbons (Fsp3) is 0.182. The molecule has 5 rings (SSSR count). The van der Waals surface area contributed by atoms with Crippen molar-refractivity contribution in [2.24, 2.45) is 5.10 Å². The highest BCUT2D eigenvalue weighted by Crippen LogP contribution is 2.47. The molecule has 2 atom stereocenters. The van der Waals surface area contributed by atoms with E-state index in [9.17, 15) is 14.9 Å². The maximum atomic E-state index is 13.8. The number of hydrogen-bond donors (Lipinski definition) is 0. The molecule has 3 aromatic rings. The summed E-state index contributed by atoms with van der Waals surface area (Å²) >= 11 is 0. The van der Waals surface area contributed by atoms with Gasteiger partial charge in [-0.25, -0.2) is 0 Å². The maximum Gasteiger partial charge on any atom is 0.433 e. The number of likely N-dealkylation sites (N-methyl/N-ethyl adjacent to an activating group) is 1. The number of Topliss-reactive ketones (excluding diaryl/α,β-unsaturated/α-hetero) is 1. The largest absolute Gasteiger partial charge is 0.490 e. The molecular weight excluding hydrogens is 386 g/mol. The average molecular weight is 403 g/mol. The molecule has 0 saturated heterocycles. The van der Waals surface area contributed by atoms with Gasteiger partial charge in [0, 0.05) is 7.05 Å². The number of benzene rings is 2. The fourth-order valence-corrected chi connectivity index (χ4v) is 4.28. The number of nitro groups is 1. The molecule has 0 bridgehead atoms. The molecular formula is C22H17N3O5. The lowest BCUT2D eigenvalue weighted by Gasteiger charge is -2.41. The third-order valence-electron chi connectivity index (χ3n) is 5.72. The highest BCUT2D eigenvalue weighted by atomic mass is 16.6. The van der Waals surface area contributed by atoms with Gasteiger partial charge in [-0.05, 0) is 23.8 Å². The topological polar surface area (TPSA) is 98.2 Å².